The molecule has 23 heavy (non-hydrogen) atoms. The Hall–Kier alpha value is -1.84. The van der Waals surface area contributed by atoms with Crippen molar-refractivity contribution < 1.29 is 9.59 Å². The highest BCUT2D eigenvalue weighted by atomic mass is 16.2. The van der Waals surface area contributed by atoms with Crippen LogP contribution >= 0.6 is 0 Å². The van der Waals surface area contributed by atoms with Crippen molar-refractivity contribution in [3.63, 3.8) is 0 Å². The van der Waals surface area contributed by atoms with Gasteiger partial charge in [0.1, 0.15) is 0 Å². The number of nitrogens with one attached hydrogen (secondary N) is 1. The third-order valence-electron chi connectivity index (χ3n) is 5.32. The van der Waals surface area contributed by atoms with E-state index in [-0.39, 0.29) is 18.4 Å². The van der Waals surface area contributed by atoms with Gasteiger partial charge in [-0.3, -0.25) is 9.59 Å². The molecular formula is C19H26N2O2. The lowest BCUT2D eigenvalue weighted by molar-refractivity contribution is -0.133. The molecule has 1 aromatic rings. The number of likely N-dealkylation sites (tertiary alicyclic amines) is 1. The third-order valence-corrected chi connectivity index (χ3v) is 5.32. The average Bonchev–Trinajstić information content (AvgIpc) is 2.59. The lowest BCUT2D eigenvalue weighted by atomic mass is 9.75. The lowest BCUT2D eigenvalue weighted by Crippen LogP contribution is -2.48. The molecule has 0 unspecified atom stereocenters. The molecule has 2 amide bonds. The minimum absolute atomic E-state index is 0.0510. The summed E-state index contributed by atoms with van der Waals surface area (Å²) in [5.74, 6) is 1.37. The van der Waals surface area contributed by atoms with Crippen molar-refractivity contribution in [1.82, 2.24) is 10.2 Å². The van der Waals surface area contributed by atoms with Gasteiger partial charge in [0, 0.05) is 18.7 Å². The van der Waals surface area contributed by atoms with Gasteiger partial charge in [-0.05, 0) is 43.7 Å². The molecule has 1 saturated heterocycles. The van der Waals surface area contributed by atoms with E-state index in [9.17, 15) is 9.59 Å². The molecule has 124 valence electrons. The molecule has 1 aliphatic carbocycles. The summed E-state index contributed by atoms with van der Waals surface area (Å²) in [4.78, 5) is 26.5. The maximum Gasteiger partial charge on any atom is 0.251 e. The Balaban J connectivity index is 1.50. The van der Waals surface area contributed by atoms with E-state index in [1.54, 1.807) is 6.07 Å². The van der Waals surface area contributed by atoms with Crippen LogP contribution in [0.1, 0.15) is 48.0 Å². The molecule has 0 bridgehead atoms. The van der Waals surface area contributed by atoms with Gasteiger partial charge in [0.05, 0.1) is 6.54 Å². The Labute approximate surface area is 138 Å². The zero-order chi connectivity index (χ0) is 16.2. The second-order valence-corrected chi connectivity index (χ2v) is 6.99. The molecule has 3 rings (SSSR count). The van der Waals surface area contributed by atoms with Crippen molar-refractivity contribution in [2.24, 2.45) is 11.8 Å². The number of amides is 2. The Morgan fingerprint density at radius 3 is 2.74 bits per heavy atom. The van der Waals surface area contributed by atoms with Crippen LogP contribution in [0.25, 0.3) is 0 Å². The first-order valence-electron chi connectivity index (χ1n) is 8.76. The molecule has 1 aromatic carbocycles. The molecule has 2 atom stereocenters. The molecule has 1 saturated carbocycles. The topological polar surface area (TPSA) is 49.4 Å². The van der Waals surface area contributed by atoms with E-state index < -0.39 is 0 Å². The lowest BCUT2D eigenvalue weighted by Gasteiger charge is -2.41. The number of piperidine rings is 1. The fourth-order valence-electron chi connectivity index (χ4n) is 3.98. The largest absolute Gasteiger partial charge is 0.343 e. The zero-order valence-electron chi connectivity index (χ0n) is 13.9. The number of carbonyl (C=O) groups excluding carboxylic acids is 2. The van der Waals surface area contributed by atoms with Crippen molar-refractivity contribution in [2.45, 2.75) is 39.0 Å². The molecule has 1 aliphatic heterocycles. The number of hydrogen-bond donors (Lipinski definition) is 1. The summed E-state index contributed by atoms with van der Waals surface area (Å²) in [5, 5.41) is 2.77. The summed E-state index contributed by atoms with van der Waals surface area (Å²) in [6.45, 7) is 3.78. The first-order valence-corrected chi connectivity index (χ1v) is 8.76. The summed E-state index contributed by atoms with van der Waals surface area (Å²) in [7, 11) is 0. The van der Waals surface area contributed by atoms with Crippen LogP contribution in [0.15, 0.2) is 24.3 Å². The van der Waals surface area contributed by atoms with Crippen LogP contribution in [0, 0.1) is 18.8 Å². The Kier molecular flexibility index (Phi) is 4.99. The van der Waals surface area contributed by atoms with E-state index >= 15 is 0 Å². The molecular weight excluding hydrogens is 288 g/mol. The SMILES string of the molecule is Cc1cccc(C(=O)NCC(=O)N2CC[C@H]3CCCC[C@H]3C2)c1. The molecule has 1 N–H and O–H groups in total. The standard InChI is InChI=1S/C19H26N2O2/c1-14-5-4-8-16(11-14)19(23)20-12-18(22)21-10-9-15-6-2-3-7-17(15)13-21/h4-5,8,11,15,17H,2-3,6-7,9-10,12-13H2,1H3,(H,20,23)/t15-,17+/m1/s1. The smallest absolute Gasteiger partial charge is 0.251 e. The van der Waals surface area contributed by atoms with Gasteiger partial charge in [-0.15, -0.1) is 0 Å². The van der Waals surface area contributed by atoms with Crippen LogP contribution in [0.2, 0.25) is 0 Å². The highest BCUT2D eigenvalue weighted by Gasteiger charge is 2.32. The highest BCUT2D eigenvalue weighted by Crippen LogP contribution is 2.35. The van der Waals surface area contributed by atoms with Gasteiger partial charge in [-0.2, -0.15) is 0 Å². The number of nitrogens with zero attached hydrogens (tertiary/aromatic N) is 1. The number of fused-ring (bicyclic) bond motifs is 1. The summed E-state index contributed by atoms with van der Waals surface area (Å²) >= 11 is 0. The van der Waals surface area contributed by atoms with Gasteiger partial charge in [0.2, 0.25) is 5.91 Å². The monoisotopic (exact) mass is 314 g/mol. The van der Waals surface area contributed by atoms with E-state index in [0.29, 0.717) is 11.5 Å². The second-order valence-electron chi connectivity index (χ2n) is 6.99. The van der Waals surface area contributed by atoms with E-state index in [1.165, 1.54) is 25.7 Å². The van der Waals surface area contributed by atoms with E-state index in [0.717, 1.165) is 31.0 Å². The predicted octanol–water partition coefficient (Wildman–Crippen LogP) is 2.76. The van der Waals surface area contributed by atoms with Crippen LogP contribution in [-0.4, -0.2) is 36.3 Å². The van der Waals surface area contributed by atoms with Crippen molar-refractivity contribution >= 4 is 11.8 Å². The first-order chi connectivity index (χ1) is 11.1. The van der Waals surface area contributed by atoms with Gasteiger partial charge in [0.15, 0.2) is 0 Å². The van der Waals surface area contributed by atoms with Crippen LogP contribution in [-0.2, 0) is 4.79 Å². The Morgan fingerprint density at radius 1 is 1.17 bits per heavy atom. The van der Waals surface area contributed by atoms with Crippen LogP contribution in [0.4, 0.5) is 0 Å². The average molecular weight is 314 g/mol. The quantitative estimate of drug-likeness (QED) is 0.932. The summed E-state index contributed by atoms with van der Waals surface area (Å²) in [5.41, 5.74) is 1.66. The van der Waals surface area contributed by atoms with Crippen molar-refractivity contribution in [3.05, 3.63) is 35.4 Å². The minimum Gasteiger partial charge on any atom is -0.343 e. The highest BCUT2D eigenvalue weighted by molar-refractivity contribution is 5.96. The van der Waals surface area contributed by atoms with Crippen molar-refractivity contribution in [2.75, 3.05) is 19.6 Å². The van der Waals surface area contributed by atoms with Crippen LogP contribution < -0.4 is 5.32 Å². The minimum atomic E-state index is -0.172. The fraction of sp³-hybridized carbons (Fsp3) is 0.579. The van der Waals surface area contributed by atoms with E-state index in [4.69, 9.17) is 0 Å². The van der Waals surface area contributed by atoms with Crippen molar-refractivity contribution in [1.29, 1.82) is 0 Å². The van der Waals surface area contributed by atoms with Crippen LogP contribution in [0.3, 0.4) is 0 Å². The van der Waals surface area contributed by atoms with E-state index in [1.807, 2.05) is 30.0 Å². The fourth-order valence-corrected chi connectivity index (χ4v) is 3.98. The summed E-state index contributed by atoms with van der Waals surface area (Å²) in [6.07, 6.45) is 6.36. The first kappa shape index (κ1) is 16.0. The second kappa shape index (κ2) is 7.16. The number of hydrogen-bond acceptors (Lipinski definition) is 2. The number of aryl methyl sites for hydroxylation is 1. The molecule has 0 spiro atoms. The van der Waals surface area contributed by atoms with Gasteiger partial charge in [-0.1, -0.05) is 37.0 Å². The van der Waals surface area contributed by atoms with Gasteiger partial charge in [-0.25, -0.2) is 0 Å². The maximum absolute atomic E-state index is 12.4. The molecule has 2 aliphatic rings. The molecule has 4 nitrogen and oxygen atoms in total. The van der Waals surface area contributed by atoms with E-state index in [2.05, 4.69) is 5.32 Å². The normalized spacial score (nSPS) is 24.0. The molecule has 1 heterocycles. The maximum atomic E-state index is 12.4. The van der Waals surface area contributed by atoms with Gasteiger partial charge < -0.3 is 10.2 Å². The third kappa shape index (κ3) is 3.92. The molecule has 0 aromatic heterocycles. The van der Waals surface area contributed by atoms with Crippen molar-refractivity contribution in [3.8, 4) is 0 Å². The van der Waals surface area contributed by atoms with Gasteiger partial charge >= 0.3 is 0 Å². The number of carbonyl (C=O) groups is 2. The predicted molar refractivity (Wildman–Crippen MR) is 90.2 cm³/mol. The molecule has 2 fully saturated rings. The number of rotatable bonds is 3. The molecule has 0 radical (unpaired) electrons. The van der Waals surface area contributed by atoms with Crippen LogP contribution in [0.5, 0.6) is 0 Å². The summed E-state index contributed by atoms with van der Waals surface area (Å²) in [6, 6.07) is 7.43. The molecule has 4 heteroatoms. The Morgan fingerprint density at radius 2 is 1.96 bits per heavy atom. The zero-order valence-corrected chi connectivity index (χ0v) is 13.9. The number of benzene rings is 1. The van der Waals surface area contributed by atoms with Gasteiger partial charge in [0.25, 0.3) is 5.91 Å². The Bertz CT molecular complexity index is 584. The summed E-state index contributed by atoms with van der Waals surface area (Å²) < 4.78 is 0.